The third-order valence-electron chi connectivity index (χ3n) is 2.71. The molecule has 2 rings (SSSR count). The van der Waals surface area contributed by atoms with Crippen LogP contribution in [0, 0.1) is 0 Å². The molecule has 2 aromatic rings. The standard InChI is InChI=1S/C14H18N4/c1-18(11-14-16-6-3-7-17-14)10-13-5-2-4-12(8-13)9-15/h2-8H,9-11,15H2,1H3. The fraction of sp³-hybridized carbons (Fsp3) is 0.286. The van der Waals surface area contributed by atoms with Crippen molar-refractivity contribution >= 4 is 0 Å². The van der Waals surface area contributed by atoms with E-state index >= 15 is 0 Å². The molecule has 0 fully saturated rings. The van der Waals surface area contributed by atoms with Gasteiger partial charge in [0.15, 0.2) is 0 Å². The predicted molar refractivity (Wildman–Crippen MR) is 71.5 cm³/mol. The van der Waals surface area contributed by atoms with Gasteiger partial charge < -0.3 is 5.73 Å². The Bertz CT molecular complexity index is 484. The second-order valence-electron chi connectivity index (χ2n) is 4.36. The van der Waals surface area contributed by atoms with Gasteiger partial charge in [-0.3, -0.25) is 4.90 Å². The van der Waals surface area contributed by atoms with Crippen LogP contribution in [0.25, 0.3) is 0 Å². The fourth-order valence-electron chi connectivity index (χ4n) is 1.88. The predicted octanol–water partition coefficient (Wildman–Crippen LogP) is 1.57. The largest absolute Gasteiger partial charge is 0.326 e. The molecule has 0 radical (unpaired) electrons. The molecule has 0 aliphatic rings. The Hall–Kier alpha value is -1.78. The number of aromatic nitrogens is 2. The maximum absolute atomic E-state index is 5.64. The minimum Gasteiger partial charge on any atom is -0.326 e. The van der Waals surface area contributed by atoms with Gasteiger partial charge in [-0.25, -0.2) is 9.97 Å². The Balaban J connectivity index is 1.96. The summed E-state index contributed by atoms with van der Waals surface area (Å²) < 4.78 is 0. The molecule has 94 valence electrons. The van der Waals surface area contributed by atoms with Gasteiger partial charge in [-0.2, -0.15) is 0 Å². The van der Waals surface area contributed by atoms with Crippen molar-refractivity contribution in [3.8, 4) is 0 Å². The average Bonchev–Trinajstić information content (AvgIpc) is 2.40. The first-order valence-electron chi connectivity index (χ1n) is 6.00. The molecule has 1 aromatic carbocycles. The van der Waals surface area contributed by atoms with Crippen molar-refractivity contribution in [2.45, 2.75) is 19.6 Å². The summed E-state index contributed by atoms with van der Waals surface area (Å²) in [6.45, 7) is 2.19. The van der Waals surface area contributed by atoms with Gasteiger partial charge in [-0.1, -0.05) is 24.3 Å². The van der Waals surface area contributed by atoms with E-state index in [1.54, 1.807) is 12.4 Å². The lowest BCUT2D eigenvalue weighted by Crippen LogP contribution is -2.18. The van der Waals surface area contributed by atoms with E-state index in [1.165, 1.54) is 5.56 Å². The molecule has 0 atom stereocenters. The summed E-state index contributed by atoms with van der Waals surface area (Å²) in [5, 5.41) is 0. The van der Waals surface area contributed by atoms with Crippen molar-refractivity contribution in [3.63, 3.8) is 0 Å². The second kappa shape index (κ2) is 6.23. The van der Waals surface area contributed by atoms with Crippen molar-refractivity contribution in [1.82, 2.24) is 14.9 Å². The summed E-state index contributed by atoms with van der Waals surface area (Å²) >= 11 is 0. The fourth-order valence-corrected chi connectivity index (χ4v) is 1.88. The lowest BCUT2D eigenvalue weighted by molar-refractivity contribution is 0.310. The highest BCUT2D eigenvalue weighted by Crippen LogP contribution is 2.08. The van der Waals surface area contributed by atoms with Crippen LogP contribution in [0.1, 0.15) is 17.0 Å². The number of benzene rings is 1. The molecule has 0 aliphatic heterocycles. The number of nitrogens with two attached hydrogens (primary N) is 1. The highest BCUT2D eigenvalue weighted by molar-refractivity contribution is 5.23. The molecule has 0 aliphatic carbocycles. The van der Waals surface area contributed by atoms with E-state index in [0.29, 0.717) is 6.54 Å². The zero-order valence-electron chi connectivity index (χ0n) is 10.6. The Morgan fingerprint density at radius 1 is 1.06 bits per heavy atom. The molecule has 0 amide bonds. The summed E-state index contributed by atoms with van der Waals surface area (Å²) in [4.78, 5) is 10.6. The van der Waals surface area contributed by atoms with E-state index in [-0.39, 0.29) is 0 Å². The van der Waals surface area contributed by atoms with E-state index in [4.69, 9.17) is 5.73 Å². The molecule has 0 bridgehead atoms. The first kappa shape index (κ1) is 12.7. The van der Waals surface area contributed by atoms with Crippen LogP contribution >= 0.6 is 0 Å². The van der Waals surface area contributed by atoms with Crippen LogP contribution in [0.5, 0.6) is 0 Å². The minimum absolute atomic E-state index is 0.583. The van der Waals surface area contributed by atoms with Crippen molar-refractivity contribution < 1.29 is 0 Å². The van der Waals surface area contributed by atoms with Crippen LogP contribution < -0.4 is 5.73 Å². The Morgan fingerprint density at radius 2 is 1.78 bits per heavy atom. The van der Waals surface area contributed by atoms with Gasteiger partial charge in [0, 0.05) is 25.5 Å². The summed E-state index contributed by atoms with van der Waals surface area (Å²) in [7, 11) is 2.06. The zero-order valence-corrected chi connectivity index (χ0v) is 10.6. The molecular weight excluding hydrogens is 224 g/mol. The topological polar surface area (TPSA) is 55.0 Å². The SMILES string of the molecule is CN(Cc1cccc(CN)c1)Cc1ncccn1. The number of hydrogen-bond donors (Lipinski definition) is 1. The summed E-state index contributed by atoms with van der Waals surface area (Å²) in [6, 6.07) is 10.2. The quantitative estimate of drug-likeness (QED) is 0.864. The van der Waals surface area contributed by atoms with Crippen LogP contribution in [-0.4, -0.2) is 21.9 Å². The van der Waals surface area contributed by atoms with Crippen LogP contribution in [-0.2, 0) is 19.6 Å². The van der Waals surface area contributed by atoms with E-state index in [9.17, 15) is 0 Å². The highest BCUT2D eigenvalue weighted by Gasteiger charge is 2.03. The monoisotopic (exact) mass is 242 g/mol. The van der Waals surface area contributed by atoms with Gasteiger partial charge >= 0.3 is 0 Å². The molecule has 4 heteroatoms. The van der Waals surface area contributed by atoms with Gasteiger partial charge in [-0.05, 0) is 24.2 Å². The van der Waals surface area contributed by atoms with Crippen molar-refractivity contribution in [2.24, 2.45) is 5.73 Å². The molecular formula is C14H18N4. The maximum Gasteiger partial charge on any atom is 0.142 e. The summed E-state index contributed by atoms with van der Waals surface area (Å²) in [6.07, 6.45) is 3.54. The Kier molecular flexibility index (Phi) is 4.39. The van der Waals surface area contributed by atoms with Crippen molar-refractivity contribution in [1.29, 1.82) is 0 Å². The van der Waals surface area contributed by atoms with Gasteiger partial charge in [0.05, 0.1) is 6.54 Å². The minimum atomic E-state index is 0.583. The zero-order chi connectivity index (χ0) is 12.8. The second-order valence-corrected chi connectivity index (χ2v) is 4.36. The van der Waals surface area contributed by atoms with Crippen LogP contribution in [0.2, 0.25) is 0 Å². The number of nitrogens with zero attached hydrogens (tertiary/aromatic N) is 3. The van der Waals surface area contributed by atoms with Crippen molar-refractivity contribution in [2.75, 3.05) is 7.05 Å². The average molecular weight is 242 g/mol. The molecule has 0 saturated heterocycles. The smallest absolute Gasteiger partial charge is 0.142 e. The maximum atomic E-state index is 5.64. The molecule has 18 heavy (non-hydrogen) atoms. The van der Waals surface area contributed by atoms with E-state index in [2.05, 4.69) is 34.0 Å². The molecule has 1 heterocycles. The van der Waals surface area contributed by atoms with Gasteiger partial charge in [0.2, 0.25) is 0 Å². The van der Waals surface area contributed by atoms with Crippen molar-refractivity contribution in [3.05, 3.63) is 59.7 Å². The van der Waals surface area contributed by atoms with E-state index in [0.717, 1.165) is 24.5 Å². The van der Waals surface area contributed by atoms with Crippen LogP contribution in [0.15, 0.2) is 42.7 Å². The van der Waals surface area contributed by atoms with Gasteiger partial charge in [0.25, 0.3) is 0 Å². The first-order chi connectivity index (χ1) is 8.78. The van der Waals surface area contributed by atoms with Crippen LogP contribution in [0.3, 0.4) is 0 Å². The normalized spacial score (nSPS) is 10.8. The lowest BCUT2D eigenvalue weighted by atomic mass is 10.1. The molecule has 2 N–H and O–H groups in total. The number of rotatable bonds is 5. The number of hydrogen-bond acceptors (Lipinski definition) is 4. The molecule has 0 saturated carbocycles. The lowest BCUT2D eigenvalue weighted by Gasteiger charge is -2.16. The highest BCUT2D eigenvalue weighted by atomic mass is 15.1. The molecule has 0 unspecified atom stereocenters. The molecule has 1 aromatic heterocycles. The van der Waals surface area contributed by atoms with Crippen LogP contribution in [0.4, 0.5) is 0 Å². The van der Waals surface area contributed by atoms with E-state index in [1.807, 2.05) is 18.2 Å². The summed E-state index contributed by atoms with van der Waals surface area (Å²) in [5.41, 5.74) is 8.06. The van der Waals surface area contributed by atoms with Gasteiger partial charge in [-0.15, -0.1) is 0 Å². The molecule has 0 spiro atoms. The third-order valence-corrected chi connectivity index (χ3v) is 2.71. The van der Waals surface area contributed by atoms with Gasteiger partial charge in [0.1, 0.15) is 5.82 Å². The first-order valence-corrected chi connectivity index (χ1v) is 6.00. The third kappa shape index (κ3) is 3.61. The Labute approximate surface area is 107 Å². The molecule has 4 nitrogen and oxygen atoms in total. The Morgan fingerprint density at radius 3 is 2.50 bits per heavy atom. The summed E-state index contributed by atoms with van der Waals surface area (Å²) in [5.74, 6) is 0.843. The van der Waals surface area contributed by atoms with E-state index < -0.39 is 0 Å².